The van der Waals surface area contributed by atoms with Gasteiger partial charge in [0.15, 0.2) is 0 Å². The van der Waals surface area contributed by atoms with Crippen molar-refractivity contribution in [3.8, 4) is 11.5 Å². The van der Waals surface area contributed by atoms with Gasteiger partial charge in [0, 0.05) is 24.1 Å². The molecule has 1 heterocycles. The summed E-state index contributed by atoms with van der Waals surface area (Å²) in [6.45, 7) is 2.65. The summed E-state index contributed by atoms with van der Waals surface area (Å²) in [4.78, 5) is 16.1. The lowest BCUT2D eigenvalue weighted by Gasteiger charge is -2.10. The van der Waals surface area contributed by atoms with Gasteiger partial charge in [-0.3, -0.25) is 9.78 Å². The van der Waals surface area contributed by atoms with Gasteiger partial charge in [-0.15, -0.1) is 0 Å². The molecule has 1 amide bonds. The number of pyridine rings is 1. The zero-order valence-electron chi connectivity index (χ0n) is 14.6. The van der Waals surface area contributed by atoms with Crippen LogP contribution in [0.5, 0.6) is 11.5 Å². The number of anilines is 2. The van der Waals surface area contributed by atoms with Crippen LogP contribution in [0.2, 0.25) is 0 Å². The second-order valence-electron chi connectivity index (χ2n) is 5.75. The number of hydrogen-bond donors (Lipinski definition) is 2. The van der Waals surface area contributed by atoms with Crippen LogP contribution in [0.15, 0.2) is 72.9 Å². The summed E-state index contributed by atoms with van der Waals surface area (Å²) in [7, 11) is 0. The van der Waals surface area contributed by atoms with Gasteiger partial charge in [0.05, 0.1) is 0 Å². The van der Waals surface area contributed by atoms with E-state index >= 15 is 0 Å². The molecule has 3 rings (SSSR count). The SMILES string of the molecule is CCCNC(=O)c1cc(Nc2ccc(Oc3ccccc3)cc2)ccn1. The number of carbonyl (C=O) groups excluding carboxylic acids is 1. The molecule has 0 spiro atoms. The van der Waals surface area contributed by atoms with Crippen molar-refractivity contribution in [1.82, 2.24) is 10.3 Å². The number of carbonyl (C=O) groups is 1. The van der Waals surface area contributed by atoms with Crippen molar-refractivity contribution in [2.24, 2.45) is 0 Å². The first kappa shape index (κ1) is 17.5. The Balaban J connectivity index is 1.64. The summed E-state index contributed by atoms with van der Waals surface area (Å²) in [5.74, 6) is 1.39. The number of benzene rings is 2. The molecule has 26 heavy (non-hydrogen) atoms. The number of ether oxygens (including phenoxy) is 1. The quantitative estimate of drug-likeness (QED) is 0.647. The molecular weight excluding hydrogens is 326 g/mol. The van der Waals surface area contributed by atoms with Crippen molar-refractivity contribution < 1.29 is 9.53 Å². The Kier molecular flexibility index (Phi) is 5.83. The van der Waals surface area contributed by atoms with E-state index in [1.165, 1.54) is 0 Å². The molecule has 0 saturated carbocycles. The lowest BCUT2D eigenvalue weighted by atomic mass is 10.2. The molecule has 5 heteroatoms. The van der Waals surface area contributed by atoms with Gasteiger partial charge in [0.1, 0.15) is 17.2 Å². The van der Waals surface area contributed by atoms with Crippen LogP contribution < -0.4 is 15.4 Å². The molecule has 0 unspecified atom stereocenters. The topological polar surface area (TPSA) is 63.2 Å². The highest BCUT2D eigenvalue weighted by Gasteiger charge is 2.07. The van der Waals surface area contributed by atoms with Crippen molar-refractivity contribution in [2.75, 3.05) is 11.9 Å². The van der Waals surface area contributed by atoms with Crippen molar-refractivity contribution in [3.05, 3.63) is 78.6 Å². The van der Waals surface area contributed by atoms with E-state index in [1.807, 2.05) is 67.6 Å². The average Bonchev–Trinajstić information content (AvgIpc) is 2.69. The third-order valence-electron chi connectivity index (χ3n) is 3.65. The monoisotopic (exact) mass is 347 g/mol. The van der Waals surface area contributed by atoms with Gasteiger partial charge in [-0.25, -0.2) is 0 Å². The Morgan fingerprint density at radius 3 is 2.42 bits per heavy atom. The fraction of sp³-hybridized carbons (Fsp3) is 0.143. The molecule has 3 aromatic rings. The summed E-state index contributed by atoms with van der Waals surface area (Å²) in [6, 6.07) is 20.8. The zero-order valence-corrected chi connectivity index (χ0v) is 14.6. The van der Waals surface area contributed by atoms with Crippen molar-refractivity contribution >= 4 is 17.3 Å². The first-order chi connectivity index (χ1) is 12.7. The third kappa shape index (κ3) is 4.83. The van der Waals surface area contributed by atoms with E-state index in [4.69, 9.17) is 4.74 Å². The Hall–Kier alpha value is -3.34. The lowest BCUT2D eigenvalue weighted by Crippen LogP contribution is -2.24. The maximum atomic E-state index is 12.0. The van der Waals surface area contributed by atoms with E-state index in [0.29, 0.717) is 12.2 Å². The summed E-state index contributed by atoms with van der Waals surface area (Å²) < 4.78 is 5.78. The van der Waals surface area contributed by atoms with Gasteiger partial charge in [-0.1, -0.05) is 25.1 Å². The van der Waals surface area contributed by atoms with Crippen molar-refractivity contribution in [1.29, 1.82) is 0 Å². The molecule has 5 nitrogen and oxygen atoms in total. The fourth-order valence-corrected chi connectivity index (χ4v) is 2.36. The van der Waals surface area contributed by atoms with Gasteiger partial charge >= 0.3 is 0 Å². The molecule has 0 fully saturated rings. The second kappa shape index (κ2) is 8.67. The number of hydrogen-bond acceptors (Lipinski definition) is 4. The van der Waals surface area contributed by atoms with E-state index in [2.05, 4.69) is 15.6 Å². The third-order valence-corrected chi connectivity index (χ3v) is 3.65. The van der Waals surface area contributed by atoms with Gasteiger partial charge in [0.2, 0.25) is 0 Å². The summed E-state index contributed by atoms with van der Waals surface area (Å²) in [5.41, 5.74) is 2.10. The van der Waals surface area contributed by atoms with E-state index in [9.17, 15) is 4.79 Å². The molecule has 0 saturated heterocycles. The summed E-state index contributed by atoms with van der Waals surface area (Å²) in [6.07, 6.45) is 2.51. The van der Waals surface area contributed by atoms with Crippen LogP contribution in [-0.4, -0.2) is 17.4 Å². The Morgan fingerprint density at radius 1 is 0.962 bits per heavy atom. The normalized spacial score (nSPS) is 10.2. The zero-order chi connectivity index (χ0) is 18.2. The molecule has 0 aliphatic carbocycles. The first-order valence-corrected chi connectivity index (χ1v) is 8.59. The fourth-order valence-electron chi connectivity index (χ4n) is 2.36. The number of nitrogens with one attached hydrogen (secondary N) is 2. The van der Waals surface area contributed by atoms with Crippen molar-refractivity contribution in [3.63, 3.8) is 0 Å². The Labute approximate surface area is 153 Å². The maximum Gasteiger partial charge on any atom is 0.269 e. The van der Waals surface area contributed by atoms with Crippen molar-refractivity contribution in [2.45, 2.75) is 13.3 Å². The van der Waals surface area contributed by atoms with Crippen LogP contribution in [0, 0.1) is 0 Å². The standard InChI is InChI=1S/C21H21N3O2/c1-2-13-23-21(25)20-15-17(12-14-22-20)24-16-8-10-19(11-9-16)26-18-6-4-3-5-7-18/h3-12,14-15H,2,13H2,1H3,(H,22,24)(H,23,25). The largest absolute Gasteiger partial charge is 0.457 e. The van der Waals surface area contributed by atoms with Crippen LogP contribution in [0.4, 0.5) is 11.4 Å². The molecule has 1 aromatic heterocycles. The van der Waals surface area contributed by atoms with Crippen LogP contribution in [0.3, 0.4) is 0 Å². The number of aromatic nitrogens is 1. The predicted molar refractivity (Wildman–Crippen MR) is 103 cm³/mol. The summed E-state index contributed by atoms with van der Waals surface area (Å²) >= 11 is 0. The molecule has 0 radical (unpaired) electrons. The highest BCUT2D eigenvalue weighted by atomic mass is 16.5. The van der Waals surface area contributed by atoms with Gasteiger partial charge in [0.25, 0.3) is 5.91 Å². The van der Waals surface area contributed by atoms with Crippen LogP contribution in [-0.2, 0) is 0 Å². The number of para-hydroxylation sites is 1. The molecule has 2 aromatic carbocycles. The van der Waals surface area contributed by atoms with E-state index in [1.54, 1.807) is 12.3 Å². The predicted octanol–water partition coefficient (Wildman–Crippen LogP) is 4.76. The summed E-state index contributed by atoms with van der Waals surface area (Å²) in [5, 5.41) is 6.10. The van der Waals surface area contributed by atoms with Crippen LogP contribution in [0.1, 0.15) is 23.8 Å². The highest BCUT2D eigenvalue weighted by Crippen LogP contribution is 2.24. The number of rotatable bonds is 7. The molecule has 0 aliphatic rings. The molecule has 2 N–H and O–H groups in total. The second-order valence-corrected chi connectivity index (χ2v) is 5.75. The Bertz CT molecular complexity index is 849. The molecular formula is C21H21N3O2. The molecule has 0 atom stereocenters. The minimum Gasteiger partial charge on any atom is -0.457 e. The van der Waals surface area contributed by atoms with Crippen LogP contribution in [0.25, 0.3) is 0 Å². The van der Waals surface area contributed by atoms with Gasteiger partial charge < -0.3 is 15.4 Å². The Morgan fingerprint density at radius 2 is 1.69 bits per heavy atom. The number of amides is 1. The van der Waals surface area contributed by atoms with Gasteiger partial charge in [-0.05, 0) is 55.0 Å². The van der Waals surface area contributed by atoms with E-state index < -0.39 is 0 Å². The molecule has 0 aliphatic heterocycles. The average molecular weight is 347 g/mol. The minimum atomic E-state index is -0.165. The van der Waals surface area contributed by atoms with E-state index in [-0.39, 0.29) is 5.91 Å². The highest BCUT2D eigenvalue weighted by molar-refractivity contribution is 5.93. The smallest absolute Gasteiger partial charge is 0.269 e. The van der Waals surface area contributed by atoms with Crippen LogP contribution >= 0.6 is 0 Å². The molecule has 0 bridgehead atoms. The van der Waals surface area contributed by atoms with Gasteiger partial charge in [-0.2, -0.15) is 0 Å². The molecule has 132 valence electrons. The number of nitrogens with zero attached hydrogens (tertiary/aromatic N) is 1. The maximum absolute atomic E-state index is 12.0. The first-order valence-electron chi connectivity index (χ1n) is 8.59. The minimum absolute atomic E-state index is 0.165. The lowest BCUT2D eigenvalue weighted by molar-refractivity contribution is 0.0948. The van der Waals surface area contributed by atoms with E-state index in [0.717, 1.165) is 29.3 Å².